The Kier molecular flexibility index (Phi) is 11.6. The molecule has 1 amide bonds. The highest BCUT2D eigenvalue weighted by atomic mass is 35.5. The second kappa shape index (κ2) is 16.8. The van der Waals surface area contributed by atoms with E-state index in [9.17, 15) is 31.7 Å². The minimum atomic E-state index is -4.63. The fourth-order valence-corrected chi connectivity index (χ4v) is 11.2. The van der Waals surface area contributed by atoms with Crippen molar-refractivity contribution in [1.82, 2.24) is 14.6 Å². The van der Waals surface area contributed by atoms with Gasteiger partial charge in [-0.05, 0) is 103 Å². The summed E-state index contributed by atoms with van der Waals surface area (Å²) in [6.07, 6.45) is 5.23. The first kappa shape index (κ1) is 42.3. The second-order valence-corrected chi connectivity index (χ2v) is 21.2. The molecule has 2 fully saturated rings. The van der Waals surface area contributed by atoms with E-state index in [4.69, 9.17) is 16.3 Å². The highest BCUT2D eigenvalue weighted by molar-refractivity contribution is 7.91. The molecule has 3 N–H and O–H groups in total. The number of aromatic nitrogens is 1. The number of fused-ring (bicyclic) bond motifs is 1. The van der Waals surface area contributed by atoms with Gasteiger partial charge >= 0.3 is 0 Å². The number of hydrogen-bond donors (Lipinski definition) is 3. The lowest BCUT2D eigenvalue weighted by Gasteiger charge is -2.39. The first-order chi connectivity index (χ1) is 29.0. The van der Waals surface area contributed by atoms with Crippen LogP contribution in [0.4, 0.5) is 17.1 Å². The van der Waals surface area contributed by atoms with Gasteiger partial charge in [-0.15, -0.1) is 0 Å². The Morgan fingerprint density at radius 3 is 2.49 bits per heavy atom. The first-order valence-corrected chi connectivity index (χ1v) is 23.8. The van der Waals surface area contributed by atoms with E-state index in [0.717, 1.165) is 72.6 Å². The zero-order valence-electron chi connectivity index (χ0n) is 33.8. The minimum Gasteiger partial charge on any atom is -0.456 e. The number of rotatable bonds is 12. The highest BCUT2D eigenvalue weighted by Gasteiger charge is 2.32. The van der Waals surface area contributed by atoms with Crippen molar-refractivity contribution in [3.8, 4) is 11.5 Å². The molecular weight excluding hydrogens is 840 g/mol. The molecular formula is C44H47ClN6O8S2. The number of amides is 1. The fourth-order valence-electron chi connectivity index (χ4n) is 8.42. The molecule has 8 rings (SSSR count). The van der Waals surface area contributed by atoms with Gasteiger partial charge in [-0.25, -0.2) is 21.6 Å². The number of sulfone groups is 1. The van der Waals surface area contributed by atoms with Gasteiger partial charge in [0.1, 0.15) is 17.2 Å². The molecule has 320 valence electrons. The van der Waals surface area contributed by atoms with E-state index in [1.807, 2.05) is 30.3 Å². The number of nitrogens with zero attached hydrogens (tertiary/aromatic N) is 3. The number of ether oxygens (including phenoxy) is 1. The Labute approximate surface area is 360 Å². The minimum absolute atomic E-state index is 0.0262. The molecule has 1 aliphatic carbocycles. The number of carbonyl (C=O) groups is 1. The zero-order chi connectivity index (χ0) is 43.1. The Hall–Kier alpha value is -5.42. The van der Waals surface area contributed by atoms with E-state index in [2.05, 4.69) is 50.8 Å². The summed E-state index contributed by atoms with van der Waals surface area (Å²) in [4.78, 5) is 32.5. The van der Waals surface area contributed by atoms with E-state index in [-0.39, 0.29) is 40.3 Å². The van der Waals surface area contributed by atoms with Gasteiger partial charge in [0.2, 0.25) is 0 Å². The molecule has 3 aliphatic rings. The number of allylic oxidation sites excluding steroid dienone is 1. The number of nitrogens with one attached hydrogen (secondary N) is 3. The summed E-state index contributed by atoms with van der Waals surface area (Å²) in [5, 5.41) is 16.5. The van der Waals surface area contributed by atoms with Crippen LogP contribution in [0.3, 0.4) is 0 Å². The van der Waals surface area contributed by atoms with Gasteiger partial charge in [0.25, 0.3) is 21.6 Å². The molecule has 1 unspecified atom stereocenters. The van der Waals surface area contributed by atoms with Crippen LogP contribution in [0.25, 0.3) is 16.5 Å². The molecule has 1 aromatic heterocycles. The average Bonchev–Trinajstić information content (AvgIpc) is 3.83. The number of benzene rings is 4. The van der Waals surface area contributed by atoms with Crippen LogP contribution in [0.2, 0.25) is 5.02 Å². The number of piperazine rings is 1. The van der Waals surface area contributed by atoms with Crippen LogP contribution < -0.4 is 19.7 Å². The summed E-state index contributed by atoms with van der Waals surface area (Å²) < 4.78 is 59.6. The highest BCUT2D eigenvalue weighted by Crippen LogP contribution is 2.43. The number of hydrogen-bond acceptors (Lipinski definition) is 11. The number of halogens is 1. The summed E-state index contributed by atoms with van der Waals surface area (Å²) in [5.74, 6) is -0.675. The van der Waals surface area contributed by atoms with Crippen LogP contribution in [0, 0.1) is 15.5 Å². The molecule has 14 nitrogen and oxygen atoms in total. The third-order valence-corrected chi connectivity index (χ3v) is 15.1. The Morgan fingerprint density at radius 1 is 1.00 bits per heavy atom. The van der Waals surface area contributed by atoms with Gasteiger partial charge in [-0.2, -0.15) is 0 Å². The number of carbonyl (C=O) groups excluding carboxylic acids is 1. The van der Waals surface area contributed by atoms with Crippen LogP contribution in [0.5, 0.6) is 11.5 Å². The number of nitro benzene ring substituents is 1. The van der Waals surface area contributed by atoms with Crippen molar-refractivity contribution in [2.75, 3.05) is 54.4 Å². The Balaban J connectivity index is 1.02. The van der Waals surface area contributed by atoms with Gasteiger partial charge in [0.15, 0.2) is 9.84 Å². The van der Waals surface area contributed by atoms with E-state index in [0.29, 0.717) is 18.8 Å². The van der Waals surface area contributed by atoms with Crippen LogP contribution >= 0.6 is 11.6 Å². The summed E-state index contributed by atoms with van der Waals surface area (Å²) in [6.45, 7) is 8.56. The lowest BCUT2D eigenvalue weighted by atomic mass is 9.72. The molecule has 1 atom stereocenters. The van der Waals surface area contributed by atoms with Crippen molar-refractivity contribution in [1.29, 1.82) is 0 Å². The van der Waals surface area contributed by atoms with Gasteiger partial charge in [-0.3, -0.25) is 19.8 Å². The second-order valence-electron chi connectivity index (χ2n) is 16.8. The lowest BCUT2D eigenvalue weighted by Crippen LogP contribution is -2.47. The molecule has 0 bridgehead atoms. The zero-order valence-corrected chi connectivity index (χ0v) is 36.2. The molecule has 0 radical (unpaired) electrons. The smallest absolute Gasteiger partial charge is 0.293 e. The molecule has 5 aromatic rings. The maximum Gasteiger partial charge on any atom is 0.293 e. The van der Waals surface area contributed by atoms with Crippen molar-refractivity contribution in [2.45, 2.75) is 50.5 Å². The van der Waals surface area contributed by atoms with E-state index in [1.165, 1.54) is 28.8 Å². The molecule has 0 saturated carbocycles. The van der Waals surface area contributed by atoms with Crippen molar-refractivity contribution in [3.63, 3.8) is 0 Å². The third kappa shape index (κ3) is 9.72. The molecule has 61 heavy (non-hydrogen) atoms. The maximum absolute atomic E-state index is 13.9. The van der Waals surface area contributed by atoms with Crippen molar-refractivity contribution in [3.05, 3.63) is 123 Å². The monoisotopic (exact) mass is 886 g/mol. The first-order valence-electron chi connectivity index (χ1n) is 20.2. The van der Waals surface area contributed by atoms with Crippen LogP contribution in [-0.4, -0.2) is 87.8 Å². The number of nitro groups is 1. The van der Waals surface area contributed by atoms with E-state index < -0.39 is 47.3 Å². The molecule has 2 saturated heterocycles. The van der Waals surface area contributed by atoms with Gasteiger partial charge in [-0.1, -0.05) is 43.2 Å². The molecule has 4 aromatic carbocycles. The largest absolute Gasteiger partial charge is 0.456 e. The lowest BCUT2D eigenvalue weighted by molar-refractivity contribution is -0.384. The predicted octanol–water partition coefficient (Wildman–Crippen LogP) is 8.03. The summed E-state index contributed by atoms with van der Waals surface area (Å²) in [6, 6.07) is 23.1. The van der Waals surface area contributed by atoms with Gasteiger partial charge in [0.05, 0.1) is 26.9 Å². The fraction of sp³-hybridized carbons (Fsp3) is 0.341. The standard InChI is InChI=1S/C44H47ClN6O8S2/c1-44(2)16-13-31(38(26-44)29-3-5-32(45)6-4-29)27-49-18-20-50(21-19-49)34-7-10-37(42(24-34)59-35-8-11-39-30(23-35)14-17-46-39)43(52)48-61(57,58)36-9-12-40(41(25-36)51(53)54)47-33-15-22-60(55,56)28-33/h3-12,14,17,23-25,33,46-47H,13,15-16,18-22,26-28H2,1-2H3,(H,48,52). The number of aromatic amines is 1. The number of sulfonamides is 1. The number of H-pyrrole nitrogens is 1. The van der Waals surface area contributed by atoms with Crippen LogP contribution in [-0.2, 0) is 19.9 Å². The topological polar surface area (TPSA) is 184 Å². The van der Waals surface area contributed by atoms with Crippen LogP contribution in [0.15, 0.2) is 102 Å². The molecule has 2 aliphatic heterocycles. The van der Waals surface area contributed by atoms with Gasteiger partial charge < -0.3 is 19.9 Å². The summed E-state index contributed by atoms with van der Waals surface area (Å²) in [5.41, 5.74) is 5.32. The third-order valence-electron chi connectivity index (χ3n) is 11.8. The van der Waals surface area contributed by atoms with Crippen molar-refractivity contribution < 1.29 is 31.3 Å². The molecule has 17 heteroatoms. The quantitative estimate of drug-likeness (QED) is 0.0815. The molecule has 3 heterocycles. The average molecular weight is 887 g/mol. The summed E-state index contributed by atoms with van der Waals surface area (Å²) >= 11 is 6.23. The Bertz CT molecular complexity index is 2760. The predicted molar refractivity (Wildman–Crippen MR) is 238 cm³/mol. The number of anilines is 2. The van der Waals surface area contributed by atoms with Crippen molar-refractivity contribution >= 4 is 70.9 Å². The van der Waals surface area contributed by atoms with E-state index in [1.54, 1.807) is 24.4 Å². The molecule has 0 spiro atoms. The summed E-state index contributed by atoms with van der Waals surface area (Å²) in [7, 11) is -7.91. The van der Waals surface area contributed by atoms with Gasteiger partial charge in [0, 0.05) is 78.7 Å². The van der Waals surface area contributed by atoms with Crippen molar-refractivity contribution in [2.24, 2.45) is 5.41 Å². The maximum atomic E-state index is 13.9. The SMILES string of the molecule is CC1(C)CCC(CN2CCN(c3ccc(C(=O)NS(=O)(=O)c4ccc(NC5CCS(=O)(=O)C5)c([N+](=O)[O-])c4)c(Oc4ccc5[nH]ccc5c4)c3)CC2)=C(c2ccc(Cl)cc2)C1. The Morgan fingerprint density at radius 2 is 1.77 bits per heavy atom. The van der Waals surface area contributed by atoms with Crippen LogP contribution in [0.1, 0.15) is 55.5 Å². The van der Waals surface area contributed by atoms with E-state index >= 15 is 0 Å². The normalized spacial score (nSPS) is 19.2.